The van der Waals surface area contributed by atoms with Gasteiger partial charge in [-0.1, -0.05) is 48.5 Å². The van der Waals surface area contributed by atoms with Crippen molar-refractivity contribution < 1.29 is 18.1 Å². The summed E-state index contributed by atoms with van der Waals surface area (Å²) in [5.41, 5.74) is -0.146. The molecular weight excluding hydrogens is 251 g/mol. The molecule has 0 radical (unpaired) electrons. The number of rotatable bonds is 7. The second kappa shape index (κ2) is 7.04. The van der Waals surface area contributed by atoms with Crippen LogP contribution in [0.1, 0.15) is 54.9 Å². The van der Waals surface area contributed by atoms with Gasteiger partial charge >= 0.3 is 7.82 Å². The first-order valence-corrected chi connectivity index (χ1v) is 7.97. The lowest BCUT2D eigenvalue weighted by Gasteiger charge is -2.26. The molecule has 0 aliphatic rings. The molecule has 110 valence electrons. The standard InChI is InChI=1S/C13H29O4P/c1-8-9-15-18(14,16-10-12(2,3)4)17-11-13(5,6)7/h8-11H2,1-7H3. The lowest BCUT2D eigenvalue weighted by atomic mass is 9.99. The highest BCUT2D eigenvalue weighted by Crippen LogP contribution is 2.51. The maximum Gasteiger partial charge on any atom is 0.474 e. The molecule has 0 aromatic carbocycles. The minimum Gasteiger partial charge on any atom is -0.287 e. The van der Waals surface area contributed by atoms with Gasteiger partial charge in [-0.3, -0.25) is 13.6 Å². The summed E-state index contributed by atoms with van der Waals surface area (Å²) in [6.07, 6.45) is 0.780. The molecule has 0 atom stereocenters. The normalized spacial score (nSPS) is 13.9. The van der Waals surface area contributed by atoms with Crippen molar-refractivity contribution in [1.29, 1.82) is 0 Å². The molecule has 0 aliphatic carbocycles. The van der Waals surface area contributed by atoms with E-state index in [0.29, 0.717) is 19.8 Å². The van der Waals surface area contributed by atoms with Gasteiger partial charge in [-0.05, 0) is 17.3 Å². The fourth-order valence-corrected chi connectivity index (χ4v) is 2.58. The zero-order chi connectivity index (χ0) is 14.4. The quantitative estimate of drug-likeness (QED) is 0.637. The van der Waals surface area contributed by atoms with Gasteiger partial charge in [0.2, 0.25) is 0 Å². The molecule has 0 saturated heterocycles. The molecule has 0 bridgehead atoms. The third-order valence-electron chi connectivity index (χ3n) is 1.76. The molecule has 0 rings (SSSR count). The monoisotopic (exact) mass is 280 g/mol. The largest absolute Gasteiger partial charge is 0.474 e. The van der Waals surface area contributed by atoms with E-state index >= 15 is 0 Å². The Labute approximate surface area is 112 Å². The highest BCUT2D eigenvalue weighted by molar-refractivity contribution is 7.48. The number of phosphoric acid groups is 1. The molecule has 0 N–H and O–H groups in total. The molecular formula is C13H29O4P. The number of hydrogen-bond acceptors (Lipinski definition) is 4. The van der Waals surface area contributed by atoms with Gasteiger partial charge in [0.25, 0.3) is 0 Å². The van der Waals surface area contributed by atoms with E-state index in [-0.39, 0.29) is 10.8 Å². The molecule has 4 nitrogen and oxygen atoms in total. The van der Waals surface area contributed by atoms with Gasteiger partial charge in [0, 0.05) is 0 Å². The molecule has 0 fully saturated rings. The van der Waals surface area contributed by atoms with Crippen LogP contribution in [0.4, 0.5) is 0 Å². The van der Waals surface area contributed by atoms with Gasteiger partial charge in [-0.15, -0.1) is 0 Å². The second-order valence-electron chi connectivity index (χ2n) is 6.95. The predicted molar refractivity (Wildman–Crippen MR) is 74.7 cm³/mol. The Hall–Kier alpha value is 0.110. The minimum absolute atomic E-state index is 0.0731. The Balaban J connectivity index is 4.48. The Morgan fingerprint density at radius 2 is 1.22 bits per heavy atom. The van der Waals surface area contributed by atoms with Gasteiger partial charge in [0.05, 0.1) is 19.8 Å². The van der Waals surface area contributed by atoms with E-state index in [4.69, 9.17) is 13.6 Å². The molecule has 0 spiro atoms. The Bertz CT molecular complexity index is 254. The number of hydrogen-bond donors (Lipinski definition) is 0. The third kappa shape index (κ3) is 10.1. The first-order valence-electron chi connectivity index (χ1n) is 6.51. The van der Waals surface area contributed by atoms with E-state index < -0.39 is 7.82 Å². The van der Waals surface area contributed by atoms with Gasteiger partial charge in [0.15, 0.2) is 0 Å². The molecule has 0 aliphatic heterocycles. The summed E-state index contributed by atoms with van der Waals surface area (Å²) in [6.45, 7) is 15.1. The zero-order valence-corrected chi connectivity index (χ0v) is 13.8. The first kappa shape index (κ1) is 18.1. The van der Waals surface area contributed by atoms with Crippen molar-refractivity contribution in [2.75, 3.05) is 19.8 Å². The molecule has 0 saturated carbocycles. The molecule has 0 amide bonds. The molecule has 18 heavy (non-hydrogen) atoms. The molecule has 0 aromatic heterocycles. The lowest BCUT2D eigenvalue weighted by Crippen LogP contribution is -2.18. The summed E-state index contributed by atoms with van der Waals surface area (Å²) in [5.74, 6) is 0. The summed E-state index contributed by atoms with van der Waals surface area (Å²) in [6, 6.07) is 0. The average molecular weight is 280 g/mol. The van der Waals surface area contributed by atoms with Crippen molar-refractivity contribution in [3.63, 3.8) is 0 Å². The van der Waals surface area contributed by atoms with Crippen molar-refractivity contribution in [2.24, 2.45) is 10.8 Å². The topological polar surface area (TPSA) is 44.8 Å². The van der Waals surface area contributed by atoms with E-state index in [1.807, 2.05) is 48.5 Å². The van der Waals surface area contributed by atoms with Crippen LogP contribution in [0.5, 0.6) is 0 Å². The van der Waals surface area contributed by atoms with Crippen LogP contribution in [0.15, 0.2) is 0 Å². The van der Waals surface area contributed by atoms with Crippen LogP contribution in [-0.2, 0) is 18.1 Å². The Morgan fingerprint density at radius 3 is 1.50 bits per heavy atom. The molecule has 5 heteroatoms. The first-order chi connectivity index (χ1) is 7.97. The van der Waals surface area contributed by atoms with Crippen LogP contribution < -0.4 is 0 Å². The maximum absolute atomic E-state index is 12.4. The van der Waals surface area contributed by atoms with Crippen LogP contribution >= 0.6 is 7.82 Å². The van der Waals surface area contributed by atoms with Crippen LogP contribution in [0.25, 0.3) is 0 Å². The van der Waals surface area contributed by atoms with Crippen molar-refractivity contribution >= 4 is 7.82 Å². The van der Waals surface area contributed by atoms with E-state index in [0.717, 1.165) is 6.42 Å². The van der Waals surface area contributed by atoms with Gasteiger partial charge in [-0.25, -0.2) is 4.57 Å². The van der Waals surface area contributed by atoms with E-state index in [9.17, 15) is 4.57 Å². The van der Waals surface area contributed by atoms with Gasteiger partial charge in [-0.2, -0.15) is 0 Å². The van der Waals surface area contributed by atoms with Crippen LogP contribution in [-0.4, -0.2) is 19.8 Å². The average Bonchev–Trinajstić information content (AvgIpc) is 2.19. The minimum atomic E-state index is -3.43. The number of phosphoric ester groups is 1. The predicted octanol–water partition coefficient (Wildman–Crippen LogP) is 4.65. The third-order valence-corrected chi connectivity index (χ3v) is 3.15. The Kier molecular flexibility index (Phi) is 7.09. The molecule has 0 unspecified atom stereocenters. The van der Waals surface area contributed by atoms with Crippen LogP contribution in [0.2, 0.25) is 0 Å². The zero-order valence-electron chi connectivity index (χ0n) is 12.9. The SMILES string of the molecule is CCCOP(=O)(OCC(C)(C)C)OCC(C)(C)C. The molecule has 0 aromatic rings. The Morgan fingerprint density at radius 1 is 0.833 bits per heavy atom. The van der Waals surface area contributed by atoms with E-state index in [2.05, 4.69) is 0 Å². The summed E-state index contributed by atoms with van der Waals surface area (Å²) < 4.78 is 28.5. The van der Waals surface area contributed by atoms with Gasteiger partial charge < -0.3 is 0 Å². The summed E-state index contributed by atoms with van der Waals surface area (Å²) in [4.78, 5) is 0. The van der Waals surface area contributed by atoms with Crippen molar-refractivity contribution in [2.45, 2.75) is 54.9 Å². The fourth-order valence-electron chi connectivity index (χ4n) is 0.860. The second-order valence-corrected chi connectivity index (χ2v) is 8.62. The van der Waals surface area contributed by atoms with Crippen molar-refractivity contribution in [3.05, 3.63) is 0 Å². The summed E-state index contributed by atoms with van der Waals surface area (Å²) in [5, 5.41) is 0. The summed E-state index contributed by atoms with van der Waals surface area (Å²) >= 11 is 0. The van der Waals surface area contributed by atoms with E-state index in [1.54, 1.807) is 0 Å². The maximum atomic E-state index is 12.4. The highest BCUT2D eigenvalue weighted by atomic mass is 31.2. The van der Waals surface area contributed by atoms with Crippen molar-refractivity contribution in [1.82, 2.24) is 0 Å². The fraction of sp³-hybridized carbons (Fsp3) is 1.00. The van der Waals surface area contributed by atoms with Gasteiger partial charge in [0.1, 0.15) is 0 Å². The molecule has 0 heterocycles. The lowest BCUT2D eigenvalue weighted by molar-refractivity contribution is 0.0660. The van der Waals surface area contributed by atoms with E-state index in [1.165, 1.54) is 0 Å². The highest BCUT2D eigenvalue weighted by Gasteiger charge is 2.30. The van der Waals surface area contributed by atoms with Crippen LogP contribution in [0.3, 0.4) is 0 Å². The van der Waals surface area contributed by atoms with Crippen LogP contribution in [0, 0.1) is 10.8 Å². The smallest absolute Gasteiger partial charge is 0.287 e. The summed E-state index contributed by atoms with van der Waals surface area (Å²) in [7, 11) is -3.43. The van der Waals surface area contributed by atoms with Crippen molar-refractivity contribution in [3.8, 4) is 0 Å².